The monoisotopic (exact) mass is 363 g/mol. The topological polar surface area (TPSA) is 32.9 Å². The summed E-state index contributed by atoms with van der Waals surface area (Å²) in [5, 5.41) is 0.731. The average molecular weight is 364 g/mol. The molecule has 0 aliphatic carbocycles. The molecule has 4 heteroatoms. The van der Waals surface area contributed by atoms with Gasteiger partial charge in [0.1, 0.15) is 0 Å². The Labute approximate surface area is 103 Å². The van der Waals surface area contributed by atoms with Gasteiger partial charge in [-0.3, -0.25) is 4.79 Å². The lowest BCUT2D eigenvalue weighted by Gasteiger charge is -2.03. The summed E-state index contributed by atoms with van der Waals surface area (Å²) >= 11 is 5.50. The van der Waals surface area contributed by atoms with E-state index in [0.717, 1.165) is 20.9 Å². The summed E-state index contributed by atoms with van der Waals surface area (Å²) in [6.45, 7) is 2.00. The molecule has 0 saturated carbocycles. The molecule has 1 aromatic carbocycles. The molecule has 1 heterocycles. The van der Waals surface area contributed by atoms with E-state index in [2.05, 4.69) is 20.9 Å². The van der Waals surface area contributed by atoms with E-state index in [9.17, 15) is 4.79 Å². The van der Waals surface area contributed by atoms with Crippen LogP contribution in [0.5, 0.6) is 0 Å². The van der Waals surface area contributed by atoms with Gasteiger partial charge in [0.15, 0.2) is 0 Å². The third-order valence-corrected chi connectivity index (χ3v) is 3.96. The second kappa shape index (κ2) is 3.66. The van der Waals surface area contributed by atoms with Crippen molar-refractivity contribution in [2.75, 3.05) is 0 Å². The van der Waals surface area contributed by atoms with E-state index in [0.29, 0.717) is 3.57 Å². The van der Waals surface area contributed by atoms with Crippen molar-refractivity contribution in [1.29, 1.82) is 0 Å². The van der Waals surface area contributed by atoms with E-state index >= 15 is 0 Å². The zero-order chi connectivity index (χ0) is 10.3. The van der Waals surface area contributed by atoms with Crippen molar-refractivity contribution in [2.45, 2.75) is 6.92 Å². The number of pyridine rings is 1. The molecule has 0 radical (unpaired) electrons. The zero-order valence-electron chi connectivity index (χ0n) is 7.40. The Bertz CT molecular complexity index is 562. The van der Waals surface area contributed by atoms with Crippen LogP contribution in [0.1, 0.15) is 5.56 Å². The Morgan fingerprint density at radius 3 is 2.86 bits per heavy atom. The molecular formula is C10H7BrINO. The van der Waals surface area contributed by atoms with Gasteiger partial charge in [-0.15, -0.1) is 0 Å². The molecule has 1 aromatic heterocycles. The maximum Gasteiger partial charge on any atom is 0.202 e. The Hall–Kier alpha value is -0.360. The van der Waals surface area contributed by atoms with Crippen molar-refractivity contribution < 1.29 is 0 Å². The van der Waals surface area contributed by atoms with Gasteiger partial charge in [0.2, 0.25) is 5.43 Å². The molecule has 0 unspecified atom stereocenters. The highest BCUT2D eigenvalue weighted by atomic mass is 127. The SMILES string of the molecule is Cc1ccc2c(=O)c(I)c[nH]c2c1Br. The van der Waals surface area contributed by atoms with Crippen LogP contribution in [0.15, 0.2) is 27.6 Å². The predicted octanol–water partition coefficient (Wildman–Crippen LogP) is 3.20. The summed E-state index contributed by atoms with van der Waals surface area (Å²) in [7, 11) is 0. The Morgan fingerprint density at radius 1 is 1.43 bits per heavy atom. The average Bonchev–Trinajstić information content (AvgIpc) is 2.17. The molecule has 2 aromatic rings. The van der Waals surface area contributed by atoms with Crippen molar-refractivity contribution in [2.24, 2.45) is 0 Å². The van der Waals surface area contributed by atoms with Crippen LogP contribution < -0.4 is 5.43 Å². The molecule has 0 atom stereocenters. The van der Waals surface area contributed by atoms with Gasteiger partial charge in [-0.25, -0.2) is 0 Å². The Balaban J connectivity index is 3.02. The first-order valence-electron chi connectivity index (χ1n) is 4.07. The van der Waals surface area contributed by atoms with E-state index in [1.54, 1.807) is 6.20 Å². The van der Waals surface area contributed by atoms with Crippen LogP contribution in [0.3, 0.4) is 0 Å². The van der Waals surface area contributed by atoms with Gasteiger partial charge in [0.05, 0.1) is 9.09 Å². The van der Waals surface area contributed by atoms with Crippen LogP contribution in [0.4, 0.5) is 0 Å². The molecule has 0 amide bonds. The molecular weight excluding hydrogens is 357 g/mol. The molecule has 0 aliphatic heterocycles. The van der Waals surface area contributed by atoms with Crippen LogP contribution in [0.2, 0.25) is 0 Å². The van der Waals surface area contributed by atoms with Gasteiger partial charge in [0, 0.05) is 16.1 Å². The molecule has 0 saturated heterocycles. The van der Waals surface area contributed by atoms with Gasteiger partial charge in [-0.05, 0) is 57.1 Å². The molecule has 2 rings (SSSR count). The molecule has 72 valence electrons. The lowest BCUT2D eigenvalue weighted by molar-refractivity contribution is 1.33. The second-order valence-corrected chi connectivity index (χ2v) is 5.04. The number of rotatable bonds is 0. The van der Waals surface area contributed by atoms with Crippen LogP contribution in [0, 0.1) is 10.5 Å². The summed E-state index contributed by atoms with van der Waals surface area (Å²) in [6, 6.07) is 3.80. The number of H-pyrrole nitrogens is 1. The van der Waals surface area contributed by atoms with E-state index in [1.165, 1.54) is 0 Å². The van der Waals surface area contributed by atoms with Gasteiger partial charge >= 0.3 is 0 Å². The minimum atomic E-state index is 0.0834. The number of hydrogen-bond donors (Lipinski definition) is 1. The van der Waals surface area contributed by atoms with Crippen molar-refractivity contribution in [3.63, 3.8) is 0 Å². The third kappa shape index (κ3) is 1.50. The second-order valence-electron chi connectivity index (χ2n) is 3.08. The smallest absolute Gasteiger partial charge is 0.202 e. The first kappa shape index (κ1) is 10.2. The van der Waals surface area contributed by atoms with E-state index in [-0.39, 0.29) is 5.43 Å². The molecule has 2 nitrogen and oxygen atoms in total. The van der Waals surface area contributed by atoms with Crippen molar-refractivity contribution >= 4 is 49.4 Å². The fourth-order valence-corrected chi connectivity index (χ4v) is 2.25. The van der Waals surface area contributed by atoms with Crippen molar-refractivity contribution in [3.8, 4) is 0 Å². The van der Waals surface area contributed by atoms with Crippen LogP contribution in [-0.4, -0.2) is 4.98 Å². The minimum Gasteiger partial charge on any atom is -0.359 e. The van der Waals surface area contributed by atoms with Crippen LogP contribution in [-0.2, 0) is 0 Å². The minimum absolute atomic E-state index is 0.0834. The predicted molar refractivity (Wildman–Crippen MR) is 69.7 cm³/mol. The van der Waals surface area contributed by atoms with E-state index in [4.69, 9.17) is 0 Å². The number of aromatic nitrogens is 1. The molecule has 0 bridgehead atoms. The van der Waals surface area contributed by atoms with Gasteiger partial charge in [0.25, 0.3) is 0 Å². The van der Waals surface area contributed by atoms with Crippen molar-refractivity contribution in [1.82, 2.24) is 4.98 Å². The van der Waals surface area contributed by atoms with Crippen LogP contribution >= 0.6 is 38.5 Å². The highest BCUT2D eigenvalue weighted by Crippen LogP contribution is 2.23. The number of aryl methyl sites for hydroxylation is 1. The molecule has 0 fully saturated rings. The van der Waals surface area contributed by atoms with Gasteiger partial charge < -0.3 is 4.98 Å². The highest BCUT2D eigenvalue weighted by molar-refractivity contribution is 14.1. The molecule has 0 aliphatic rings. The highest BCUT2D eigenvalue weighted by Gasteiger charge is 2.06. The van der Waals surface area contributed by atoms with Crippen LogP contribution in [0.25, 0.3) is 10.9 Å². The number of halogens is 2. The third-order valence-electron chi connectivity index (χ3n) is 2.14. The zero-order valence-corrected chi connectivity index (χ0v) is 11.1. The number of hydrogen-bond acceptors (Lipinski definition) is 1. The summed E-state index contributed by atoms with van der Waals surface area (Å²) < 4.78 is 1.68. The first-order chi connectivity index (χ1) is 6.61. The van der Waals surface area contributed by atoms with Gasteiger partial charge in [-0.2, -0.15) is 0 Å². The molecule has 1 N–H and O–H groups in total. The Kier molecular flexibility index (Phi) is 2.66. The van der Waals surface area contributed by atoms with E-state index < -0.39 is 0 Å². The normalized spacial score (nSPS) is 10.8. The fraction of sp³-hybridized carbons (Fsp3) is 0.100. The van der Waals surface area contributed by atoms with Gasteiger partial charge in [-0.1, -0.05) is 6.07 Å². The maximum absolute atomic E-state index is 11.7. The summed E-state index contributed by atoms with van der Waals surface area (Å²) in [6.07, 6.45) is 1.73. The molecule has 0 spiro atoms. The number of fused-ring (bicyclic) bond motifs is 1. The molecule has 14 heavy (non-hydrogen) atoms. The largest absolute Gasteiger partial charge is 0.359 e. The first-order valence-corrected chi connectivity index (χ1v) is 5.94. The number of benzene rings is 1. The lowest BCUT2D eigenvalue weighted by Crippen LogP contribution is -2.06. The lowest BCUT2D eigenvalue weighted by atomic mass is 10.1. The Morgan fingerprint density at radius 2 is 2.14 bits per heavy atom. The number of nitrogens with one attached hydrogen (secondary N) is 1. The summed E-state index contributed by atoms with van der Waals surface area (Å²) in [5.74, 6) is 0. The quantitative estimate of drug-likeness (QED) is 0.716. The summed E-state index contributed by atoms with van der Waals surface area (Å²) in [5.41, 5.74) is 2.07. The summed E-state index contributed by atoms with van der Waals surface area (Å²) in [4.78, 5) is 14.9. The number of aromatic amines is 1. The van der Waals surface area contributed by atoms with Crippen molar-refractivity contribution in [3.05, 3.63) is 42.2 Å². The standard InChI is InChI=1S/C10H7BrINO/c1-5-2-3-6-9(8(5)11)13-4-7(12)10(6)14/h2-4H,1H3,(H,13,14). The maximum atomic E-state index is 11.7. The van der Waals surface area contributed by atoms with E-state index in [1.807, 2.05) is 41.6 Å². The fourth-order valence-electron chi connectivity index (χ4n) is 1.34.